The summed E-state index contributed by atoms with van der Waals surface area (Å²) in [7, 11) is 0. The number of aromatic carboxylic acids is 1. The van der Waals surface area contributed by atoms with Crippen LogP contribution in [0.1, 0.15) is 36.7 Å². The maximum absolute atomic E-state index is 11.0. The summed E-state index contributed by atoms with van der Waals surface area (Å²) in [6, 6.07) is 7.69. The Labute approximate surface area is 127 Å². The van der Waals surface area contributed by atoms with Crippen molar-refractivity contribution in [1.29, 1.82) is 0 Å². The molecule has 0 spiro atoms. The van der Waals surface area contributed by atoms with Crippen molar-refractivity contribution >= 4 is 23.4 Å². The number of benzene rings is 1. The molecule has 0 aliphatic heterocycles. The highest BCUT2D eigenvalue weighted by molar-refractivity contribution is 6.33. The summed E-state index contributed by atoms with van der Waals surface area (Å²) in [6.45, 7) is 6.36. The van der Waals surface area contributed by atoms with Crippen LogP contribution in [0.15, 0.2) is 24.3 Å². The molecule has 0 saturated carbocycles. The topological polar surface area (TPSA) is 89.1 Å². The van der Waals surface area contributed by atoms with Gasteiger partial charge in [-0.1, -0.05) is 56.6 Å². The molecule has 0 radical (unpaired) electrons. The lowest BCUT2D eigenvalue weighted by Crippen LogP contribution is -2.11. The molecule has 2 aromatic rings. The van der Waals surface area contributed by atoms with Crippen molar-refractivity contribution in [2.45, 2.75) is 26.2 Å². The van der Waals surface area contributed by atoms with Crippen LogP contribution in [-0.4, -0.2) is 21.0 Å². The fraction of sp³-hybridized carbons (Fsp3) is 0.267. The van der Waals surface area contributed by atoms with Crippen LogP contribution in [0.25, 0.3) is 11.4 Å². The molecule has 0 aliphatic carbocycles. The van der Waals surface area contributed by atoms with Crippen molar-refractivity contribution in [3.63, 3.8) is 0 Å². The van der Waals surface area contributed by atoms with Crippen LogP contribution in [0, 0.1) is 0 Å². The molecule has 0 bridgehead atoms. The quantitative estimate of drug-likeness (QED) is 0.830. The maximum atomic E-state index is 11.0. The van der Waals surface area contributed by atoms with Gasteiger partial charge in [-0.25, -0.2) is 14.8 Å². The van der Waals surface area contributed by atoms with Gasteiger partial charge in [-0.05, 0) is 11.0 Å². The number of hydrogen-bond acceptors (Lipinski definition) is 4. The van der Waals surface area contributed by atoms with Crippen LogP contribution in [-0.2, 0) is 5.41 Å². The van der Waals surface area contributed by atoms with Crippen molar-refractivity contribution in [1.82, 2.24) is 9.97 Å². The van der Waals surface area contributed by atoms with Crippen LogP contribution in [0.2, 0.25) is 5.15 Å². The number of halogens is 1. The van der Waals surface area contributed by atoms with Crippen LogP contribution in [0.4, 0.5) is 5.82 Å². The third kappa shape index (κ3) is 3.13. The van der Waals surface area contributed by atoms with Crippen molar-refractivity contribution < 1.29 is 9.90 Å². The van der Waals surface area contributed by atoms with Crippen LogP contribution in [0.5, 0.6) is 0 Å². The molecule has 21 heavy (non-hydrogen) atoms. The van der Waals surface area contributed by atoms with Gasteiger partial charge < -0.3 is 10.8 Å². The van der Waals surface area contributed by atoms with E-state index in [0.717, 1.165) is 5.56 Å². The van der Waals surface area contributed by atoms with Crippen LogP contribution >= 0.6 is 11.6 Å². The van der Waals surface area contributed by atoms with Gasteiger partial charge in [0.15, 0.2) is 5.82 Å². The fourth-order valence-electron chi connectivity index (χ4n) is 1.90. The lowest BCUT2D eigenvalue weighted by Gasteiger charge is -2.19. The van der Waals surface area contributed by atoms with E-state index >= 15 is 0 Å². The predicted octanol–water partition coefficient (Wildman–Crippen LogP) is 3.37. The van der Waals surface area contributed by atoms with Crippen molar-refractivity contribution in [2.24, 2.45) is 0 Å². The molecule has 0 atom stereocenters. The zero-order valence-electron chi connectivity index (χ0n) is 12.0. The molecule has 110 valence electrons. The van der Waals surface area contributed by atoms with E-state index in [1.807, 2.05) is 24.3 Å². The van der Waals surface area contributed by atoms with Gasteiger partial charge in [-0.2, -0.15) is 0 Å². The molecule has 0 saturated heterocycles. The molecule has 2 rings (SSSR count). The van der Waals surface area contributed by atoms with Gasteiger partial charge in [-0.15, -0.1) is 0 Å². The second-order valence-electron chi connectivity index (χ2n) is 5.73. The van der Waals surface area contributed by atoms with Gasteiger partial charge in [0.05, 0.1) is 0 Å². The third-order valence-electron chi connectivity index (χ3n) is 3.12. The zero-order chi connectivity index (χ0) is 15.8. The van der Waals surface area contributed by atoms with Gasteiger partial charge >= 0.3 is 5.97 Å². The molecule has 6 heteroatoms. The average Bonchev–Trinajstić information content (AvgIpc) is 2.36. The van der Waals surface area contributed by atoms with Crippen LogP contribution < -0.4 is 5.73 Å². The first kappa shape index (κ1) is 15.3. The standard InChI is InChI=1S/C15H16ClN3O2/c1-15(2,3)9-6-4-8(5-7-9)13-18-11(16)10(14(20)21)12(17)19-13/h4-7H,1-3H3,(H,20,21)(H2,17,18,19). The van der Waals surface area contributed by atoms with E-state index in [0.29, 0.717) is 5.82 Å². The Kier molecular flexibility index (Phi) is 3.87. The van der Waals surface area contributed by atoms with E-state index in [9.17, 15) is 4.79 Å². The smallest absolute Gasteiger partial charge is 0.342 e. The lowest BCUT2D eigenvalue weighted by molar-refractivity contribution is 0.0697. The second-order valence-corrected chi connectivity index (χ2v) is 6.09. The van der Waals surface area contributed by atoms with E-state index in [1.54, 1.807) is 0 Å². The summed E-state index contributed by atoms with van der Waals surface area (Å²) in [5.41, 5.74) is 7.32. The maximum Gasteiger partial charge on any atom is 0.342 e. The largest absolute Gasteiger partial charge is 0.477 e. The Bertz CT molecular complexity index is 668. The fourth-order valence-corrected chi connectivity index (χ4v) is 2.15. The first-order valence-corrected chi connectivity index (χ1v) is 6.75. The molecule has 3 N–H and O–H groups in total. The number of hydrogen-bond donors (Lipinski definition) is 2. The van der Waals surface area contributed by atoms with E-state index in [-0.39, 0.29) is 21.9 Å². The van der Waals surface area contributed by atoms with Gasteiger partial charge in [-0.3, -0.25) is 0 Å². The number of anilines is 1. The summed E-state index contributed by atoms with van der Waals surface area (Å²) in [5.74, 6) is -1.08. The number of nitrogens with two attached hydrogens (primary N) is 1. The highest BCUT2D eigenvalue weighted by Crippen LogP contribution is 2.27. The lowest BCUT2D eigenvalue weighted by atomic mass is 9.87. The SMILES string of the molecule is CC(C)(C)c1ccc(-c2nc(N)c(C(=O)O)c(Cl)n2)cc1. The number of carboxylic acid groups (broad SMARTS) is 1. The molecule has 1 aromatic heterocycles. The monoisotopic (exact) mass is 305 g/mol. The number of carboxylic acids is 1. The summed E-state index contributed by atoms with van der Waals surface area (Å²) in [5, 5.41) is 8.83. The van der Waals surface area contributed by atoms with Crippen LogP contribution in [0.3, 0.4) is 0 Å². The molecule has 1 aromatic carbocycles. The normalized spacial score (nSPS) is 11.4. The zero-order valence-corrected chi connectivity index (χ0v) is 12.8. The second kappa shape index (κ2) is 5.33. The molecular weight excluding hydrogens is 290 g/mol. The highest BCUT2D eigenvalue weighted by atomic mass is 35.5. The highest BCUT2D eigenvalue weighted by Gasteiger charge is 2.18. The Morgan fingerprint density at radius 1 is 1.19 bits per heavy atom. The first-order chi connectivity index (χ1) is 9.70. The minimum atomic E-state index is -1.24. The van der Waals surface area contributed by atoms with Crippen molar-refractivity contribution in [3.8, 4) is 11.4 Å². The van der Waals surface area contributed by atoms with E-state index in [4.69, 9.17) is 22.4 Å². The number of carbonyl (C=O) groups is 1. The van der Waals surface area contributed by atoms with E-state index < -0.39 is 5.97 Å². The minimum Gasteiger partial charge on any atom is -0.477 e. The number of rotatable bonds is 2. The van der Waals surface area contributed by atoms with E-state index in [1.165, 1.54) is 5.56 Å². The van der Waals surface area contributed by atoms with Gasteiger partial charge in [0.1, 0.15) is 16.5 Å². The van der Waals surface area contributed by atoms with Gasteiger partial charge in [0.2, 0.25) is 0 Å². The molecule has 0 aliphatic rings. The molecular formula is C15H16ClN3O2. The Morgan fingerprint density at radius 2 is 1.76 bits per heavy atom. The summed E-state index contributed by atoms with van der Waals surface area (Å²) >= 11 is 5.87. The Hall–Kier alpha value is -2.14. The summed E-state index contributed by atoms with van der Waals surface area (Å²) in [6.07, 6.45) is 0. The summed E-state index contributed by atoms with van der Waals surface area (Å²) < 4.78 is 0. The number of nitrogens with zero attached hydrogens (tertiary/aromatic N) is 2. The summed E-state index contributed by atoms with van der Waals surface area (Å²) in [4.78, 5) is 19.0. The molecule has 0 amide bonds. The van der Waals surface area contributed by atoms with Crippen molar-refractivity contribution in [2.75, 3.05) is 5.73 Å². The number of aromatic nitrogens is 2. The molecule has 0 unspecified atom stereocenters. The molecule has 0 fully saturated rings. The Balaban J connectivity index is 2.46. The third-order valence-corrected chi connectivity index (χ3v) is 3.39. The number of nitrogen functional groups attached to an aromatic ring is 1. The first-order valence-electron chi connectivity index (χ1n) is 6.37. The van der Waals surface area contributed by atoms with E-state index in [2.05, 4.69) is 30.7 Å². The average molecular weight is 306 g/mol. The Morgan fingerprint density at radius 3 is 2.19 bits per heavy atom. The van der Waals surface area contributed by atoms with Gasteiger partial charge in [0.25, 0.3) is 0 Å². The minimum absolute atomic E-state index is 0.0449. The molecule has 5 nitrogen and oxygen atoms in total. The van der Waals surface area contributed by atoms with Gasteiger partial charge in [0, 0.05) is 5.56 Å². The molecule has 1 heterocycles. The van der Waals surface area contributed by atoms with Crippen molar-refractivity contribution in [3.05, 3.63) is 40.5 Å². The predicted molar refractivity (Wildman–Crippen MR) is 82.5 cm³/mol.